The van der Waals surface area contributed by atoms with E-state index in [0.717, 1.165) is 33.5 Å². The van der Waals surface area contributed by atoms with Crippen molar-refractivity contribution in [1.29, 1.82) is 0 Å². The van der Waals surface area contributed by atoms with E-state index in [-0.39, 0.29) is 0 Å². The standard InChI is InChI=1S/C19H18N2O3/c22-19(23)17-9-15-14-8-13(24-11-12-4-2-1-3-5-12)6-7-16(14)21-18(15)10-20-17/h1-8,17,20-21H,9-11H2,(H,22,23). The van der Waals surface area contributed by atoms with Crippen LogP contribution in [0.25, 0.3) is 10.9 Å². The Morgan fingerprint density at radius 2 is 2.04 bits per heavy atom. The van der Waals surface area contributed by atoms with Crippen molar-refractivity contribution >= 4 is 16.9 Å². The molecule has 1 aliphatic rings. The van der Waals surface area contributed by atoms with Crippen molar-refractivity contribution in [1.82, 2.24) is 10.3 Å². The highest BCUT2D eigenvalue weighted by Gasteiger charge is 2.26. The highest BCUT2D eigenvalue weighted by molar-refractivity contribution is 5.87. The van der Waals surface area contributed by atoms with E-state index < -0.39 is 12.0 Å². The second-order valence-corrected chi connectivity index (χ2v) is 6.04. The molecule has 0 bridgehead atoms. The normalized spacial score (nSPS) is 16.8. The smallest absolute Gasteiger partial charge is 0.321 e. The van der Waals surface area contributed by atoms with Crippen LogP contribution in [0.4, 0.5) is 0 Å². The van der Waals surface area contributed by atoms with Crippen molar-refractivity contribution in [2.45, 2.75) is 25.6 Å². The first kappa shape index (κ1) is 14.8. The number of aromatic nitrogens is 1. The molecule has 24 heavy (non-hydrogen) atoms. The Kier molecular flexibility index (Phi) is 3.70. The van der Waals surface area contributed by atoms with Gasteiger partial charge >= 0.3 is 5.97 Å². The van der Waals surface area contributed by atoms with Crippen LogP contribution >= 0.6 is 0 Å². The van der Waals surface area contributed by atoms with Crippen molar-refractivity contribution in [2.24, 2.45) is 0 Å². The second kappa shape index (κ2) is 6.02. The monoisotopic (exact) mass is 322 g/mol. The van der Waals surface area contributed by atoms with Crippen molar-refractivity contribution in [2.75, 3.05) is 0 Å². The Bertz CT molecular complexity index is 886. The number of carbonyl (C=O) groups is 1. The summed E-state index contributed by atoms with van der Waals surface area (Å²) in [6.07, 6.45) is 0.479. The summed E-state index contributed by atoms with van der Waals surface area (Å²) in [4.78, 5) is 14.6. The van der Waals surface area contributed by atoms with Gasteiger partial charge in [-0.15, -0.1) is 0 Å². The van der Waals surface area contributed by atoms with Gasteiger partial charge in [-0.05, 0) is 29.3 Å². The fourth-order valence-electron chi connectivity index (χ4n) is 3.17. The molecule has 1 unspecified atom stereocenters. The largest absolute Gasteiger partial charge is 0.489 e. The van der Waals surface area contributed by atoms with E-state index in [1.165, 1.54) is 0 Å². The number of hydrogen-bond donors (Lipinski definition) is 3. The summed E-state index contributed by atoms with van der Waals surface area (Å²) in [5.74, 6) is -0.0231. The third-order valence-electron chi connectivity index (χ3n) is 4.45. The first-order chi connectivity index (χ1) is 11.7. The number of ether oxygens (including phenoxy) is 1. The number of fused-ring (bicyclic) bond motifs is 3. The van der Waals surface area contributed by atoms with Gasteiger partial charge in [-0.2, -0.15) is 0 Å². The number of hydrogen-bond acceptors (Lipinski definition) is 3. The maximum absolute atomic E-state index is 11.3. The van der Waals surface area contributed by atoms with Crippen molar-refractivity contribution in [3.8, 4) is 5.75 Å². The molecule has 1 aliphatic heterocycles. The van der Waals surface area contributed by atoms with Crippen molar-refractivity contribution in [3.05, 3.63) is 65.4 Å². The number of aliphatic carboxylic acids is 1. The van der Waals surface area contributed by atoms with Gasteiger partial charge in [-0.1, -0.05) is 30.3 Å². The molecule has 2 heterocycles. The van der Waals surface area contributed by atoms with Crippen LogP contribution in [0.2, 0.25) is 0 Å². The summed E-state index contributed by atoms with van der Waals surface area (Å²) < 4.78 is 5.89. The Balaban J connectivity index is 1.61. The Morgan fingerprint density at radius 3 is 2.83 bits per heavy atom. The zero-order valence-corrected chi connectivity index (χ0v) is 13.1. The van der Waals surface area contributed by atoms with Gasteiger partial charge < -0.3 is 14.8 Å². The molecule has 3 aromatic rings. The lowest BCUT2D eigenvalue weighted by Gasteiger charge is -2.20. The molecule has 0 aliphatic carbocycles. The van der Waals surface area contributed by atoms with Crippen LogP contribution in [0.1, 0.15) is 16.8 Å². The molecular formula is C19H18N2O3. The number of rotatable bonds is 4. The minimum atomic E-state index is -0.813. The molecule has 0 radical (unpaired) electrons. The molecule has 0 saturated heterocycles. The molecule has 5 nitrogen and oxygen atoms in total. The molecule has 122 valence electrons. The predicted octanol–water partition coefficient (Wildman–Crippen LogP) is 2.85. The maximum atomic E-state index is 11.3. The second-order valence-electron chi connectivity index (χ2n) is 6.04. The lowest BCUT2D eigenvalue weighted by Crippen LogP contribution is -2.41. The van der Waals surface area contributed by atoms with Gasteiger partial charge in [0.05, 0.1) is 0 Å². The van der Waals surface area contributed by atoms with Gasteiger partial charge in [0.15, 0.2) is 0 Å². The molecule has 0 saturated carbocycles. The molecule has 4 rings (SSSR count). The van der Waals surface area contributed by atoms with Gasteiger partial charge in [-0.25, -0.2) is 0 Å². The van der Waals surface area contributed by atoms with Crippen LogP contribution < -0.4 is 10.1 Å². The summed E-state index contributed by atoms with van der Waals surface area (Å²) in [6.45, 7) is 1.06. The number of H-pyrrole nitrogens is 1. The van der Waals surface area contributed by atoms with Gasteiger partial charge in [0.25, 0.3) is 0 Å². The van der Waals surface area contributed by atoms with Crippen LogP contribution in [0.5, 0.6) is 5.75 Å². The fraction of sp³-hybridized carbons (Fsp3) is 0.211. The van der Waals surface area contributed by atoms with Crippen LogP contribution in [0.3, 0.4) is 0 Å². The van der Waals surface area contributed by atoms with E-state index in [2.05, 4.69) is 10.3 Å². The van der Waals surface area contributed by atoms with Crippen LogP contribution in [0, 0.1) is 0 Å². The Hall–Kier alpha value is -2.79. The molecule has 0 amide bonds. The minimum absolute atomic E-state index is 0.479. The van der Waals surface area contributed by atoms with Crippen LogP contribution in [-0.2, 0) is 24.4 Å². The summed E-state index contributed by atoms with van der Waals surface area (Å²) >= 11 is 0. The first-order valence-electron chi connectivity index (χ1n) is 7.97. The number of nitrogens with one attached hydrogen (secondary N) is 2. The van der Waals surface area contributed by atoms with Crippen LogP contribution in [-0.4, -0.2) is 22.1 Å². The van der Waals surface area contributed by atoms with Gasteiger partial charge in [0.2, 0.25) is 0 Å². The fourth-order valence-corrected chi connectivity index (χ4v) is 3.17. The zero-order chi connectivity index (χ0) is 16.5. The van der Waals surface area contributed by atoms with E-state index in [9.17, 15) is 9.90 Å². The molecule has 2 aromatic carbocycles. The lowest BCUT2D eigenvalue weighted by molar-refractivity contribution is -0.139. The van der Waals surface area contributed by atoms with E-state index in [4.69, 9.17) is 4.74 Å². The average Bonchev–Trinajstić information content (AvgIpc) is 2.98. The quantitative estimate of drug-likeness (QED) is 0.690. The SMILES string of the molecule is O=C(O)C1Cc2c([nH]c3ccc(OCc4ccccc4)cc23)CN1. The number of aromatic amines is 1. The highest BCUT2D eigenvalue weighted by atomic mass is 16.5. The maximum Gasteiger partial charge on any atom is 0.321 e. The molecule has 0 spiro atoms. The molecule has 0 fully saturated rings. The third kappa shape index (κ3) is 2.74. The van der Waals surface area contributed by atoms with Crippen molar-refractivity contribution < 1.29 is 14.6 Å². The Morgan fingerprint density at radius 1 is 1.21 bits per heavy atom. The lowest BCUT2D eigenvalue weighted by atomic mass is 9.98. The molecule has 1 atom stereocenters. The van der Waals surface area contributed by atoms with E-state index in [1.807, 2.05) is 48.5 Å². The molecule has 1 aromatic heterocycles. The van der Waals surface area contributed by atoms with E-state index in [0.29, 0.717) is 19.6 Å². The van der Waals surface area contributed by atoms with Gasteiger partial charge in [0, 0.05) is 29.6 Å². The molecule has 3 N–H and O–H groups in total. The van der Waals surface area contributed by atoms with Gasteiger partial charge in [0.1, 0.15) is 18.4 Å². The number of carboxylic acid groups (broad SMARTS) is 1. The Labute approximate surface area is 139 Å². The van der Waals surface area contributed by atoms with Crippen molar-refractivity contribution in [3.63, 3.8) is 0 Å². The summed E-state index contributed by atoms with van der Waals surface area (Å²) in [6, 6.07) is 15.4. The highest BCUT2D eigenvalue weighted by Crippen LogP contribution is 2.30. The molecule has 5 heteroatoms. The summed E-state index contributed by atoms with van der Waals surface area (Å²) in [7, 11) is 0. The summed E-state index contributed by atoms with van der Waals surface area (Å²) in [5.41, 5.74) is 4.26. The predicted molar refractivity (Wildman–Crippen MR) is 91.0 cm³/mol. The number of benzene rings is 2. The third-order valence-corrected chi connectivity index (χ3v) is 4.45. The topological polar surface area (TPSA) is 74.3 Å². The van der Waals surface area contributed by atoms with Gasteiger partial charge in [-0.3, -0.25) is 10.1 Å². The average molecular weight is 322 g/mol. The first-order valence-corrected chi connectivity index (χ1v) is 7.97. The number of carboxylic acids is 1. The van der Waals surface area contributed by atoms with E-state index >= 15 is 0 Å². The zero-order valence-electron chi connectivity index (χ0n) is 13.1. The summed E-state index contributed by atoms with van der Waals surface area (Å²) in [5, 5.41) is 13.3. The van der Waals surface area contributed by atoms with E-state index in [1.54, 1.807) is 0 Å². The minimum Gasteiger partial charge on any atom is -0.489 e. The molecular weight excluding hydrogens is 304 g/mol. The van der Waals surface area contributed by atoms with Crippen LogP contribution in [0.15, 0.2) is 48.5 Å².